The van der Waals surface area contributed by atoms with E-state index >= 15 is 0 Å². The van der Waals surface area contributed by atoms with Crippen molar-refractivity contribution in [3.8, 4) is 0 Å². The van der Waals surface area contributed by atoms with E-state index in [9.17, 15) is 22.6 Å². The zero-order valence-electron chi connectivity index (χ0n) is 7.30. The Kier molecular flexibility index (Phi) is 7.88. The van der Waals surface area contributed by atoms with E-state index in [-0.39, 0.29) is 29.6 Å². The first-order valence-corrected chi connectivity index (χ1v) is 4.34. The van der Waals surface area contributed by atoms with E-state index in [4.69, 9.17) is 0 Å². The molecule has 0 N–H and O–H groups in total. The molecule has 8 heteroatoms. The van der Waals surface area contributed by atoms with Crippen LogP contribution in [-0.4, -0.2) is 24.9 Å². The van der Waals surface area contributed by atoms with E-state index in [0.29, 0.717) is 5.41 Å². The summed E-state index contributed by atoms with van der Waals surface area (Å²) in [5.41, 5.74) is 0. The van der Waals surface area contributed by atoms with Gasteiger partial charge in [0.15, 0.2) is 0 Å². The minimum absolute atomic E-state index is 0. The SMILES string of the molecule is C=CS(=O)(=O)[O-].O=C1C=CC(=O)O1.[Na+]. The van der Waals surface area contributed by atoms with Gasteiger partial charge in [0.05, 0.1) is 0 Å². The summed E-state index contributed by atoms with van der Waals surface area (Å²) in [6, 6.07) is 0. The molecule has 1 rings (SSSR count). The van der Waals surface area contributed by atoms with Crippen molar-refractivity contribution >= 4 is 22.1 Å². The van der Waals surface area contributed by atoms with Crippen LogP contribution in [0.3, 0.4) is 0 Å². The van der Waals surface area contributed by atoms with E-state index in [1.54, 1.807) is 0 Å². The Labute approximate surface area is 103 Å². The quantitative estimate of drug-likeness (QED) is 0.198. The zero-order chi connectivity index (χ0) is 10.5. The van der Waals surface area contributed by atoms with Gasteiger partial charge in [-0.25, -0.2) is 18.0 Å². The van der Waals surface area contributed by atoms with Crippen LogP contribution in [0.5, 0.6) is 0 Å². The number of esters is 2. The molecule has 72 valence electrons. The molecule has 0 saturated carbocycles. The second-order valence-corrected chi connectivity index (χ2v) is 3.05. The summed E-state index contributed by atoms with van der Waals surface area (Å²) in [6.07, 6.45) is 2.17. The molecule has 0 bridgehead atoms. The molecule has 1 aliphatic heterocycles. The number of carbonyl (C=O) groups excluding carboxylic acids is 2. The second kappa shape index (κ2) is 6.91. The Morgan fingerprint density at radius 1 is 1.29 bits per heavy atom. The predicted octanol–water partition coefficient (Wildman–Crippen LogP) is -3.69. The molecule has 1 heterocycles. The molecule has 0 unspecified atom stereocenters. The molecule has 0 atom stereocenters. The van der Waals surface area contributed by atoms with Gasteiger partial charge in [-0.05, 0) is 0 Å². The van der Waals surface area contributed by atoms with Gasteiger partial charge in [0.25, 0.3) is 0 Å². The van der Waals surface area contributed by atoms with Crippen LogP contribution in [0.15, 0.2) is 24.1 Å². The maximum atomic E-state index is 9.92. The largest absolute Gasteiger partial charge is 1.00 e. The van der Waals surface area contributed by atoms with Crippen LogP contribution in [0, 0.1) is 0 Å². The van der Waals surface area contributed by atoms with Crippen LogP contribution in [0.2, 0.25) is 0 Å². The fourth-order valence-electron chi connectivity index (χ4n) is 0.303. The zero-order valence-corrected chi connectivity index (χ0v) is 10.1. The number of hydrogen-bond acceptors (Lipinski definition) is 6. The Morgan fingerprint density at radius 3 is 1.64 bits per heavy atom. The molecule has 0 amide bonds. The van der Waals surface area contributed by atoms with E-state index < -0.39 is 22.1 Å². The molecule has 6 nitrogen and oxygen atoms in total. The minimum Gasteiger partial charge on any atom is -0.745 e. The average molecular weight is 228 g/mol. The van der Waals surface area contributed by atoms with Crippen molar-refractivity contribution in [1.29, 1.82) is 0 Å². The molecule has 0 aromatic carbocycles. The third kappa shape index (κ3) is 9.62. The maximum absolute atomic E-state index is 9.92. The topological polar surface area (TPSA) is 101 Å². The summed E-state index contributed by atoms with van der Waals surface area (Å²) < 4.78 is 32.0. The smallest absolute Gasteiger partial charge is 0.745 e. The van der Waals surface area contributed by atoms with Gasteiger partial charge in [-0.3, -0.25) is 0 Å². The van der Waals surface area contributed by atoms with E-state index in [0.717, 1.165) is 12.2 Å². The summed E-state index contributed by atoms with van der Waals surface area (Å²) >= 11 is 0. The van der Waals surface area contributed by atoms with Gasteiger partial charge in [0.1, 0.15) is 10.1 Å². The molecule has 0 aliphatic carbocycles. The Morgan fingerprint density at radius 2 is 1.57 bits per heavy atom. The maximum Gasteiger partial charge on any atom is 1.00 e. The van der Waals surface area contributed by atoms with Crippen LogP contribution < -0.4 is 29.6 Å². The fourth-order valence-corrected chi connectivity index (χ4v) is 0.303. The van der Waals surface area contributed by atoms with E-state index in [1.807, 2.05) is 0 Å². The predicted molar refractivity (Wildman–Crippen MR) is 40.1 cm³/mol. The van der Waals surface area contributed by atoms with Gasteiger partial charge < -0.3 is 9.29 Å². The summed E-state index contributed by atoms with van der Waals surface area (Å²) in [5.74, 6) is -1.16. The van der Waals surface area contributed by atoms with Crippen molar-refractivity contribution in [2.45, 2.75) is 0 Å². The summed E-state index contributed by atoms with van der Waals surface area (Å²) in [4.78, 5) is 19.8. The Hall–Kier alpha value is -0.470. The third-order valence-corrected chi connectivity index (χ3v) is 1.17. The van der Waals surface area contributed by atoms with Crippen LogP contribution in [-0.2, 0) is 24.4 Å². The van der Waals surface area contributed by atoms with Gasteiger partial charge in [-0.1, -0.05) is 6.58 Å². The monoisotopic (exact) mass is 228 g/mol. The molecular formula is C6H5NaO6S. The average Bonchev–Trinajstić information content (AvgIpc) is 2.34. The second-order valence-electron chi connectivity index (χ2n) is 1.73. The molecule has 0 aromatic rings. The van der Waals surface area contributed by atoms with Crippen molar-refractivity contribution < 1.29 is 56.9 Å². The molecule has 0 fully saturated rings. The Bertz CT molecular complexity index is 327. The Balaban J connectivity index is 0. The van der Waals surface area contributed by atoms with Crippen molar-refractivity contribution in [3.05, 3.63) is 24.1 Å². The number of ether oxygens (including phenoxy) is 1. The summed E-state index contributed by atoms with van der Waals surface area (Å²) in [6.45, 7) is 2.73. The van der Waals surface area contributed by atoms with Crippen molar-refractivity contribution in [1.82, 2.24) is 0 Å². The summed E-state index contributed by atoms with van der Waals surface area (Å²) in [5, 5.41) is 0.354. The normalized spacial score (nSPS) is 13.5. The third-order valence-electron chi connectivity index (χ3n) is 0.761. The molecule has 0 aromatic heterocycles. The number of carbonyl (C=O) groups is 2. The fraction of sp³-hybridized carbons (Fsp3) is 0. The molecule has 0 radical (unpaired) electrons. The van der Waals surface area contributed by atoms with Gasteiger partial charge >= 0.3 is 41.5 Å². The summed E-state index contributed by atoms with van der Waals surface area (Å²) in [7, 11) is -4.15. The van der Waals surface area contributed by atoms with Crippen LogP contribution in [0.1, 0.15) is 0 Å². The van der Waals surface area contributed by atoms with Crippen molar-refractivity contribution in [3.63, 3.8) is 0 Å². The molecule has 0 saturated heterocycles. The number of hydrogen-bond donors (Lipinski definition) is 0. The first-order chi connectivity index (χ1) is 5.85. The molecular weight excluding hydrogens is 223 g/mol. The molecule has 1 aliphatic rings. The van der Waals surface area contributed by atoms with E-state index in [1.165, 1.54) is 0 Å². The van der Waals surface area contributed by atoms with Crippen LogP contribution in [0.4, 0.5) is 0 Å². The van der Waals surface area contributed by atoms with Gasteiger partial charge in [-0.2, -0.15) is 0 Å². The first kappa shape index (κ1) is 16.0. The first-order valence-electron chi connectivity index (χ1n) is 2.87. The van der Waals surface area contributed by atoms with Gasteiger partial charge in [0.2, 0.25) is 0 Å². The van der Waals surface area contributed by atoms with Crippen LogP contribution in [0.25, 0.3) is 0 Å². The van der Waals surface area contributed by atoms with Gasteiger partial charge in [0, 0.05) is 17.6 Å². The standard InChI is InChI=1S/C4H2O3.C2H4O3S.Na/c5-3-1-2-4(6)7-3;1-2-6(3,4)5;/h1-2H;2H,1H2,(H,3,4,5);/q;;+1/p-1. The molecule has 14 heavy (non-hydrogen) atoms. The van der Waals surface area contributed by atoms with Crippen LogP contribution >= 0.6 is 0 Å². The number of rotatable bonds is 1. The minimum atomic E-state index is -4.15. The van der Waals surface area contributed by atoms with E-state index in [2.05, 4.69) is 11.3 Å². The van der Waals surface area contributed by atoms with Crippen molar-refractivity contribution in [2.75, 3.05) is 0 Å². The molecule has 0 spiro atoms. The number of cyclic esters (lactones) is 2. The van der Waals surface area contributed by atoms with Gasteiger partial charge in [-0.15, -0.1) is 0 Å². The van der Waals surface area contributed by atoms with Crippen molar-refractivity contribution in [2.24, 2.45) is 0 Å².